The molecule has 0 spiro atoms. The molecule has 1 rings (SSSR count). The monoisotopic (exact) mass is 182 g/mol. The van der Waals surface area contributed by atoms with E-state index >= 15 is 0 Å². The molecule has 0 bridgehead atoms. The van der Waals surface area contributed by atoms with Crippen LogP contribution in [0, 0.1) is 5.92 Å². The van der Waals surface area contributed by atoms with Gasteiger partial charge < -0.3 is 9.53 Å². The van der Waals surface area contributed by atoms with E-state index in [1.165, 1.54) is 12.3 Å². The molecule has 1 heterocycles. The zero-order valence-corrected chi connectivity index (χ0v) is 7.73. The van der Waals surface area contributed by atoms with Crippen molar-refractivity contribution in [3.8, 4) is 0 Å². The fourth-order valence-corrected chi connectivity index (χ4v) is 1.41. The highest BCUT2D eigenvalue weighted by Gasteiger charge is 2.18. The van der Waals surface area contributed by atoms with Crippen molar-refractivity contribution in [3.05, 3.63) is 12.3 Å². The highest BCUT2D eigenvalue weighted by Crippen LogP contribution is 2.17. The summed E-state index contributed by atoms with van der Waals surface area (Å²) in [5.41, 5.74) is 0. The van der Waals surface area contributed by atoms with Crippen LogP contribution in [0.2, 0.25) is 0 Å². The Morgan fingerprint density at radius 2 is 2.54 bits per heavy atom. The van der Waals surface area contributed by atoms with Crippen LogP contribution >= 0.6 is 0 Å². The number of hydrogen-bond acceptors (Lipinski definition) is 3. The van der Waals surface area contributed by atoms with Crippen LogP contribution in [-0.4, -0.2) is 18.2 Å². The molecule has 0 aliphatic carbocycles. The van der Waals surface area contributed by atoms with Crippen LogP contribution in [0.5, 0.6) is 0 Å². The maximum absolute atomic E-state index is 11.0. The number of carbonyl (C=O) groups is 2. The molecule has 13 heavy (non-hydrogen) atoms. The number of allylic oxidation sites excluding steroid dienone is 1. The third kappa shape index (κ3) is 3.40. The number of aldehydes is 1. The molecule has 0 aromatic rings. The second kappa shape index (κ2) is 4.80. The van der Waals surface area contributed by atoms with Gasteiger partial charge in [0, 0.05) is 18.9 Å². The average molecular weight is 182 g/mol. The number of rotatable bonds is 4. The molecule has 0 amide bonds. The molecule has 0 aromatic heterocycles. The second-order valence-corrected chi connectivity index (χ2v) is 3.47. The first kappa shape index (κ1) is 9.96. The van der Waals surface area contributed by atoms with Gasteiger partial charge >= 0.3 is 0 Å². The van der Waals surface area contributed by atoms with E-state index in [9.17, 15) is 9.59 Å². The first-order chi connectivity index (χ1) is 6.22. The molecule has 0 N–H and O–H groups in total. The topological polar surface area (TPSA) is 43.4 Å². The highest BCUT2D eigenvalue weighted by atomic mass is 16.5. The van der Waals surface area contributed by atoms with E-state index in [0.29, 0.717) is 18.8 Å². The number of carbonyl (C=O) groups excluding carboxylic acids is 2. The Bertz CT molecular complexity index is 220. The lowest BCUT2D eigenvalue weighted by Gasteiger charge is -2.20. The summed E-state index contributed by atoms with van der Waals surface area (Å²) in [5.74, 6) is 0.399. The van der Waals surface area contributed by atoms with Crippen LogP contribution in [0.25, 0.3) is 0 Å². The summed E-state index contributed by atoms with van der Waals surface area (Å²) < 4.78 is 5.25. The van der Waals surface area contributed by atoms with Crippen LogP contribution < -0.4 is 0 Å². The van der Waals surface area contributed by atoms with Crippen molar-refractivity contribution in [2.45, 2.75) is 32.3 Å². The van der Waals surface area contributed by atoms with Crippen LogP contribution in [-0.2, 0) is 14.3 Å². The summed E-state index contributed by atoms with van der Waals surface area (Å²) in [4.78, 5) is 21.2. The summed E-state index contributed by atoms with van der Waals surface area (Å²) in [6, 6.07) is 0. The van der Waals surface area contributed by atoms with Crippen molar-refractivity contribution >= 4 is 12.1 Å². The number of ether oxygens (including phenoxy) is 1. The van der Waals surface area contributed by atoms with Gasteiger partial charge in [0.1, 0.15) is 12.4 Å². The molecular formula is C10H14O3. The maximum Gasteiger partial charge on any atom is 0.162 e. The van der Waals surface area contributed by atoms with E-state index in [1.54, 1.807) is 0 Å². The predicted octanol–water partition coefficient (Wildman–Crippen LogP) is 1.47. The van der Waals surface area contributed by atoms with Gasteiger partial charge in [-0.2, -0.15) is 0 Å². The predicted molar refractivity (Wildman–Crippen MR) is 48.1 cm³/mol. The minimum Gasteiger partial charge on any atom is -0.497 e. The lowest BCUT2D eigenvalue weighted by Crippen LogP contribution is -2.21. The Morgan fingerprint density at radius 1 is 1.77 bits per heavy atom. The third-order valence-corrected chi connectivity index (χ3v) is 2.12. The molecule has 0 radical (unpaired) electrons. The van der Waals surface area contributed by atoms with E-state index < -0.39 is 0 Å². The molecule has 0 saturated carbocycles. The van der Waals surface area contributed by atoms with E-state index in [2.05, 4.69) is 0 Å². The minimum absolute atomic E-state index is 0.0348. The normalized spacial score (nSPS) is 23.8. The zero-order valence-electron chi connectivity index (χ0n) is 7.73. The van der Waals surface area contributed by atoms with Crippen molar-refractivity contribution < 1.29 is 14.3 Å². The van der Waals surface area contributed by atoms with Crippen LogP contribution in [0.4, 0.5) is 0 Å². The van der Waals surface area contributed by atoms with Gasteiger partial charge in [0.2, 0.25) is 0 Å². The van der Waals surface area contributed by atoms with Crippen molar-refractivity contribution in [2.24, 2.45) is 5.92 Å². The van der Waals surface area contributed by atoms with E-state index in [4.69, 9.17) is 4.74 Å². The fourth-order valence-electron chi connectivity index (χ4n) is 1.41. The molecule has 1 aliphatic rings. The zero-order chi connectivity index (χ0) is 9.68. The van der Waals surface area contributed by atoms with Gasteiger partial charge in [-0.05, 0) is 12.3 Å². The standard InChI is InChI=1S/C10H14O3/c1-8(2-4-11)6-10-7-9(12)3-5-13-10/h3-5,8,10H,2,6-7H2,1H3/t8?,10-/m1/s1. The second-order valence-electron chi connectivity index (χ2n) is 3.47. The lowest BCUT2D eigenvalue weighted by molar-refractivity contribution is -0.118. The lowest BCUT2D eigenvalue weighted by atomic mass is 9.97. The van der Waals surface area contributed by atoms with Gasteiger partial charge in [-0.25, -0.2) is 0 Å². The SMILES string of the molecule is CC(CC=O)C[C@@H]1CC(=O)C=CO1. The first-order valence-corrected chi connectivity index (χ1v) is 4.51. The van der Waals surface area contributed by atoms with Gasteiger partial charge in [-0.3, -0.25) is 4.79 Å². The van der Waals surface area contributed by atoms with Crippen molar-refractivity contribution in [3.63, 3.8) is 0 Å². The van der Waals surface area contributed by atoms with Gasteiger partial charge in [-0.15, -0.1) is 0 Å². The Kier molecular flexibility index (Phi) is 3.68. The van der Waals surface area contributed by atoms with Crippen LogP contribution in [0.1, 0.15) is 26.2 Å². The molecule has 0 aromatic carbocycles. The summed E-state index contributed by atoms with van der Waals surface area (Å²) in [5, 5.41) is 0. The molecule has 1 unspecified atom stereocenters. The Morgan fingerprint density at radius 3 is 3.15 bits per heavy atom. The summed E-state index contributed by atoms with van der Waals surface area (Å²) >= 11 is 0. The van der Waals surface area contributed by atoms with Gasteiger partial charge in [0.15, 0.2) is 5.78 Å². The van der Waals surface area contributed by atoms with Crippen LogP contribution in [0.3, 0.4) is 0 Å². The smallest absolute Gasteiger partial charge is 0.162 e. The number of ketones is 1. The first-order valence-electron chi connectivity index (χ1n) is 4.51. The largest absolute Gasteiger partial charge is 0.497 e. The summed E-state index contributed by atoms with van der Waals surface area (Å²) in [7, 11) is 0. The Hall–Kier alpha value is -1.12. The van der Waals surface area contributed by atoms with Crippen molar-refractivity contribution in [2.75, 3.05) is 0 Å². The summed E-state index contributed by atoms with van der Waals surface area (Å²) in [6.45, 7) is 1.99. The number of hydrogen-bond donors (Lipinski definition) is 0. The van der Waals surface area contributed by atoms with Crippen molar-refractivity contribution in [1.29, 1.82) is 0 Å². The highest BCUT2D eigenvalue weighted by molar-refractivity contribution is 5.90. The minimum atomic E-state index is -0.0348. The molecule has 2 atom stereocenters. The van der Waals surface area contributed by atoms with E-state index in [1.807, 2.05) is 6.92 Å². The van der Waals surface area contributed by atoms with Gasteiger partial charge in [-0.1, -0.05) is 6.92 Å². The molecule has 0 fully saturated rings. The molecule has 3 heteroatoms. The average Bonchev–Trinajstić information content (AvgIpc) is 2.04. The molecule has 0 saturated heterocycles. The summed E-state index contributed by atoms with van der Waals surface area (Å²) in [6.07, 6.45) is 5.52. The Labute approximate surface area is 77.8 Å². The molecule has 3 nitrogen and oxygen atoms in total. The molecule has 72 valence electrons. The quantitative estimate of drug-likeness (QED) is 0.618. The molecule has 1 aliphatic heterocycles. The van der Waals surface area contributed by atoms with Gasteiger partial charge in [0.25, 0.3) is 0 Å². The third-order valence-electron chi connectivity index (χ3n) is 2.12. The van der Waals surface area contributed by atoms with Gasteiger partial charge in [0.05, 0.1) is 6.26 Å². The maximum atomic E-state index is 11.0. The molecular weight excluding hydrogens is 168 g/mol. The van der Waals surface area contributed by atoms with Crippen LogP contribution in [0.15, 0.2) is 12.3 Å². The van der Waals surface area contributed by atoms with Crippen molar-refractivity contribution in [1.82, 2.24) is 0 Å². The Balaban J connectivity index is 2.33. The van der Waals surface area contributed by atoms with E-state index in [0.717, 1.165) is 12.7 Å². The fraction of sp³-hybridized carbons (Fsp3) is 0.600. The van der Waals surface area contributed by atoms with E-state index in [-0.39, 0.29) is 11.9 Å².